The number of alkyl carbamates (subject to hydrolysis) is 1. The molecule has 4 aromatic rings. The summed E-state index contributed by atoms with van der Waals surface area (Å²) in [6.07, 6.45) is 3.25. The number of amides is 1. The molecule has 1 amide bonds. The molecule has 2 heterocycles. The van der Waals surface area contributed by atoms with Gasteiger partial charge < -0.3 is 19.7 Å². The van der Waals surface area contributed by atoms with Crippen molar-refractivity contribution in [2.24, 2.45) is 0 Å². The Hall–Kier alpha value is -4.84. The molecule has 0 spiro atoms. The van der Waals surface area contributed by atoms with Crippen molar-refractivity contribution in [1.29, 1.82) is 0 Å². The maximum absolute atomic E-state index is 13.0. The molecule has 2 atom stereocenters. The van der Waals surface area contributed by atoms with Crippen LogP contribution in [0, 0.1) is 0 Å². The van der Waals surface area contributed by atoms with E-state index in [4.69, 9.17) is 9.47 Å². The molecular formula is C34H30N2O4. The minimum atomic E-state index is -0.450. The molecule has 6 heteroatoms. The Morgan fingerprint density at radius 1 is 0.875 bits per heavy atom. The van der Waals surface area contributed by atoms with Crippen molar-refractivity contribution in [2.45, 2.75) is 31.5 Å². The highest BCUT2D eigenvalue weighted by Gasteiger charge is 2.39. The number of allylic oxidation sites excluding steroid dienone is 1. The molecule has 2 aliphatic rings. The fourth-order valence-corrected chi connectivity index (χ4v) is 5.71. The van der Waals surface area contributed by atoms with Gasteiger partial charge in [0.05, 0.1) is 30.4 Å². The molecule has 0 fully saturated rings. The summed E-state index contributed by atoms with van der Waals surface area (Å²) in [6, 6.07) is 33.6. The van der Waals surface area contributed by atoms with Gasteiger partial charge in [-0.3, -0.25) is 0 Å². The number of benzene rings is 4. The van der Waals surface area contributed by atoms with Crippen LogP contribution in [0.1, 0.15) is 56.7 Å². The van der Waals surface area contributed by atoms with Crippen LogP contribution in [0.25, 0.3) is 5.70 Å². The Balaban J connectivity index is 1.37. The smallest absolute Gasteiger partial charge is 0.407 e. The number of para-hydroxylation sites is 1. The van der Waals surface area contributed by atoms with Crippen molar-refractivity contribution < 1.29 is 19.1 Å². The topological polar surface area (TPSA) is 67.9 Å². The molecule has 6 nitrogen and oxygen atoms in total. The summed E-state index contributed by atoms with van der Waals surface area (Å²) >= 11 is 0. The summed E-state index contributed by atoms with van der Waals surface area (Å²) in [5.74, 6) is -0.369. The second kappa shape index (κ2) is 11.1. The zero-order valence-corrected chi connectivity index (χ0v) is 22.2. The molecule has 0 unspecified atom stereocenters. The van der Waals surface area contributed by atoms with Crippen LogP contribution in [0.15, 0.2) is 109 Å². The maximum Gasteiger partial charge on any atom is 0.407 e. The number of esters is 1. The number of carbonyl (C=O) groups excluding carboxylic acids is 2. The van der Waals surface area contributed by atoms with Crippen molar-refractivity contribution in [3.8, 4) is 0 Å². The van der Waals surface area contributed by atoms with Crippen LogP contribution in [0.3, 0.4) is 0 Å². The summed E-state index contributed by atoms with van der Waals surface area (Å²) < 4.78 is 10.5. The molecule has 4 aromatic carbocycles. The highest BCUT2D eigenvalue weighted by Crippen LogP contribution is 2.51. The standard InChI is InChI=1S/C34H30N2O4/c1-39-33(37)27-17-15-25(16-18-27)31-21-29(35-34(38)40-22-23-9-4-2-5-10-23)28-14-8-13-26-19-20-30(36(31)32(26)28)24-11-6-3-7-12-24/h2-18,20,29,31H,19,21-22H2,1H3,(H,35,38)/t29-,31-/m0/s1. The second-order valence-electron chi connectivity index (χ2n) is 10.0. The fraction of sp³-hybridized carbons (Fsp3) is 0.176. The van der Waals surface area contributed by atoms with Crippen LogP contribution in [-0.4, -0.2) is 19.2 Å². The number of hydrogen-bond acceptors (Lipinski definition) is 5. The van der Waals surface area contributed by atoms with Gasteiger partial charge in [-0.15, -0.1) is 0 Å². The normalized spacial score (nSPS) is 17.3. The number of ether oxygens (including phenoxy) is 2. The Bertz CT molecular complexity index is 1550. The molecule has 200 valence electrons. The zero-order chi connectivity index (χ0) is 27.5. The largest absolute Gasteiger partial charge is 0.465 e. The summed E-state index contributed by atoms with van der Waals surface area (Å²) in [7, 11) is 1.38. The van der Waals surface area contributed by atoms with E-state index in [1.165, 1.54) is 12.7 Å². The molecule has 0 saturated carbocycles. The first kappa shape index (κ1) is 25.4. The predicted molar refractivity (Wildman–Crippen MR) is 155 cm³/mol. The van der Waals surface area contributed by atoms with Crippen LogP contribution >= 0.6 is 0 Å². The lowest BCUT2D eigenvalue weighted by atomic mass is 9.82. The van der Waals surface area contributed by atoms with Crippen LogP contribution in [0.4, 0.5) is 10.5 Å². The van der Waals surface area contributed by atoms with Crippen molar-refractivity contribution in [2.75, 3.05) is 12.0 Å². The highest BCUT2D eigenvalue weighted by molar-refractivity contribution is 5.90. The average Bonchev–Trinajstić information content (AvgIpc) is 3.02. The van der Waals surface area contributed by atoms with E-state index in [1.807, 2.05) is 48.5 Å². The fourth-order valence-electron chi connectivity index (χ4n) is 5.71. The molecule has 0 bridgehead atoms. The molecule has 1 N–H and O–H groups in total. The Morgan fingerprint density at radius 2 is 1.60 bits per heavy atom. The van der Waals surface area contributed by atoms with E-state index >= 15 is 0 Å². The summed E-state index contributed by atoms with van der Waals surface area (Å²) in [5.41, 5.74) is 8.13. The monoisotopic (exact) mass is 530 g/mol. The number of carbonyl (C=O) groups is 2. The van der Waals surface area contributed by atoms with Gasteiger partial charge in [-0.05, 0) is 52.8 Å². The van der Waals surface area contributed by atoms with Gasteiger partial charge in [-0.2, -0.15) is 0 Å². The molecule has 6 rings (SSSR count). The van der Waals surface area contributed by atoms with Gasteiger partial charge in [0.15, 0.2) is 0 Å². The lowest BCUT2D eigenvalue weighted by Crippen LogP contribution is -2.41. The van der Waals surface area contributed by atoms with E-state index < -0.39 is 6.09 Å². The first-order valence-corrected chi connectivity index (χ1v) is 13.4. The van der Waals surface area contributed by atoms with Crippen LogP contribution in [-0.2, 0) is 22.5 Å². The highest BCUT2D eigenvalue weighted by atomic mass is 16.5. The molecule has 2 aliphatic heterocycles. The van der Waals surface area contributed by atoms with E-state index in [0.29, 0.717) is 12.0 Å². The summed E-state index contributed by atoms with van der Waals surface area (Å²) in [6.45, 7) is 0.206. The maximum atomic E-state index is 13.0. The third-order valence-electron chi connectivity index (χ3n) is 7.60. The second-order valence-corrected chi connectivity index (χ2v) is 10.0. The van der Waals surface area contributed by atoms with Crippen molar-refractivity contribution in [1.82, 2.24) is 5.32 Å². The van der Waals surface area contributed by atoms with Gasteiger partial charge in [0, 0.05) is 5.70 Å². The molecule has 40 heavy (non-hydrogen) atoms. The quantitative estimate of drug-likeness (QED) is 0.272. The van der Waals surface area contributed by atoms with E-state index in [1.54, 1.807) is 12.1 Å². The number of anilines is 1. The third-order valence-corrected chi connectivity index (χ3v) is 7.60. The lowest BCUT2D eigenvalue weighted by Gasteiger charge is -2.46. The average molecular weight is 531 g/mol. The SMILES string of the molecule is COC(=O)c1ccc([C@@H]2C[C@H](NC(=O)OCc3ccccc3)c3cccc4c3N2C(c2ccccc2)=CC4)cc1. The molecule has 0 aliphatic carbocycles. The minimum Gasteiger partial charge on any atom is -0.465 e. The summed E-state index contributed by atoms with van der Waals surface area (Å²) in [5, 5.41) is 3.15. The Morgan fingerprint density at radius 3 is 2.33 bits per heavy atom. The van der Waals surface area contributed by atoms with Crippen molar-refractivity contribution in [3.63, 3.8) is 0 Å². The summed E-state index contributed by atoms with van der Waals surface area (Å²) in [4.78, 5) is 27.5. The molecule has 0 saturated heterocycles. The predicted octanol–water partition coefficient (Wildman–Crippen LogP) is 6.99. The van der Waals surface area contributed by atoms with Crippen molar-refractivity contribution >= 4 is 23.4 Å². The van der Waals surface area contributed by atoms with Gasteiger partial charge in [0.1, 0.15) is 6.61 Å². The Labute approximate surface area is 233 Å². The number of rotatable bonds is 6. The first-order chi connectivity index (χ1) is 19.6. The molecule has 0 radical (unpaired) electrons. The number of methoxy groups -OCH3 is 1. The van der Waals surface area contributed by atoms with Gasteiger partial charge in [0.25, 0.3) is 0 Å². The molecule has 0 aromatic heterocycles. The van der Waals surface area contributed by atoms with E-state index in [9.17, 15) is 9.59 Å². The van der Waals surface area contributed by atoms with E-state index in [2.05, 4.69) is 58.8 Å². The van der Waals surface area contributed by atoms with Gasteiger partial charge in [-0.1, -0.05) is 97.1 Å². The van der Waals surface area contributed by atoms with Gasteiger partial charge >= 0.3 is 12.1 Å². The zero-order valence-electron chi connectivity index (χ0n) is 22.2. The first-order valence-electron chi connectivity index (χ1n) is 13.4. The van der Waals surface area contributed by atoms with E-state index in [-0.39, 0.29) is 24.7 Å². The van der Waals surface area contributed by atoms with Gasteiger partial charge in [0.2, 0.25) is 0 Å². The van der Waals surface area contributed by atoms with Crippen LogP contribution in [0.2, 0.25) is 0 Å². The molecular weight excluding hydrogens is 500 g/mol. The van der Waals surface area contributed by atoms with Gasteiger partial charge in [-0.25, -0.2) is 9.59 Å². The van der Waals surface area contributed by atoms with Crippen LogP contribution < -0.4 is 10.2 Å². The lowest BCUT2D eigenvalue weighted by molar-refractivity contribution is 0.0600. The van der Waals surface area contributed by atoms with Crippen LogP contribution in [0.5, 0.6) is 0 Å². The number of hydrogen-bond donors (Lipinski definition) is 1. The number of nitrogens with one attached hydrogen (secondary N) is 1. The third kappa shape index (κ3) is 4.96. The van der Waals surface area contributed by atoms with Crippen molar-refractivity contribution in [3.05, 3.63) is 143 Å². The minimum absolute atomic E-state index is 0.0912. The Kier molecular flexibility index (Phi) is 7.06. The van der Waals surface area contributed by atoms with E-state index in [0.717, 1.165) is 40.1 Å². The number of nitrogens with zero attached hydrogens (tertiary/aromatic N) is 1.